The van der Waals surface area contributed by atoms with Crippen LogP contribution in [0.4, 0.5) is 4.39 Å². The van der Waals surface area contributed by atoms with Crippen LogP contribution < -0.4 is 0 Å². The van der Waals surface area contributed by atoms with E-state index in [1.54, 1.807) is 23.1 Å². The molecule has 2 aliphatic heterocycles. The third-order valence-electron chi connectivity index (χ3n) is 5.07. The molecule has 0 aromatic heterocycles. The van der Waals surface area contributed by atoms with E-state index in [9.17, 15) is 14.3 Å². The largest absolute Gasteiger partial charge is 0.387 e. The fraction of sp³-hybridized carbons (Fsp3) is 0.526. The average molecular weight is 347 g/mol. The summed E-state index contributed by atoms with van der Waals surface area (Å²) >= 11 is 0. The summed E-state index contributed by atoms with van der Waals surface area (Å²) in [6.07, 6.45) is 3.47. The molecule has 0 radical (unpaired) electrons. The lowest BCUT2D eigenvalue weighted by Crippen LogP contribution is -2.52. The van der Waals surface area contributed by atoms with Crippen molar-refractivity contribution >= 4 is 12.0 Å². The first-order valence-corrected chi connectivity index (χ1v) is 8.80. The number of β-amino-alcohol motifs (C(OH)–C–C–N with tert-alkyl or cyclic N) is 1. The number of rotatable bonds is 4. The quantitative estimate of drug-likeness (QED) is 0.827. The SMILES string of the molecule is CN1CCN(CC2(O)CCN(C(=O)/C=C/c3ccccc3F)C2)CC1. The van der Waals surface area contributed by atoms with Gasteiger partial charge in [-0.3, -0.25) is 9.69 Å². The van der Waals surface area contributed by atoms with Crippen molar-refractivity contribution in [2.45, 2.75) is 12.0 Å². The van der Waals surface area contributed by atoms with E-state index in [2.05, 4.69) is 16.8 Å². The molecule has 3 rings (SSSR count). The number of hydrogen-bond donors (Lipinski definition) is 1. The second-order valence-electron chi connectivity index (χ2n) is 7.17. The highest BCUT2D eigenvalue weighted by Crippen LogP contribution is 2.23. The first kappa shape index (κ1) is 18.0. The number of likely N-dealkylation sites (tertiary alicyclic amines) is 1. The van der Waals surface area contributed by atoms with Crippen LogP contribution in [0.1, 0.15) is 12.0 Å². The van der Waals surface area contributed by atoms with E-state index in [-0.39, 0.29) is 11.7 Å². The molecule has 0 aliphatic carbocycles. The van der Waals surface area contributed by atoms with Crippen LogP contribution in [0.25, 0.3) is 6.08 Å². The number of amides is 1. The number of aliphatic hydroxyl groups is 1. The summed E-state index contributed by atoms with van der Waals surface area (Å²) in [5, 5.41) is 10.8. The van der Waals surface area contributed by atoms with E-state index >= 15 is 0 Å². The van der Waals surface area contributed by atoms with Gasteiger partial charge in [-0.05, 0) is 25.6 Å². The van der Waals surface area contributed by atoms with Crippen LogP contribution in [-0.4, -0.2) is 84.2 Å². The van der Waals surface area contributed by atoms with E-state index in [1.807, 2.05) is 0 Å². The summed E-state index contributed by atoms with van der Waals surface area (Å²) in [5.41, 5.74) is -0.458. The van der Waals surface area contributed by atoms with Gasteiger partial charge in [-0.2, -0.15) is 0 Å². The highest BCUT2D eigenvalue weighted by molar-refractivity contribution is 5.92. The van der Waals surface area contributed by atoms with Crippen LogP contribution in [-0.2, 0) is 4.79 Å². The number of carbonyl (C=O) groups excluding carboxylic acids is 1. The minimum absolute atomic E-state index is 0.183. The smallest absolute Gasteiger partial charge is 0.246 e. The fourth-order valence-corrected chi connectivity index (χ4v) is 3.47. The van der Waals surface area contributed by atoms with Gasteiger partial charge in [0, 0.05) is 50.9 Å². The predicted molar refractivity (Wildman–Crippen MR) is 95.5 cm³/mol. The lowest BCUT2D eigenvalue weighted by molar-refractivity contribution is -0.126. The van der Waals surface area contributed by atoms with Crippen molar-refractivity contribution in [3.63, 3.8) is 0 Å². The van der Waals surface area contributed by atoms with Gasteiger partial charge in [-0.1, -0.05) is 18.2 Å². The number of halogens is 1. The van der Waals surface area contributed by atoms with Gasteiger partial charge in [0.15, 0.2) is 0 Å². The van der Waals surface area contributed by atoms with Crippen molar-refractivity contribution < 1.29 is 14.3 Å². The Balaban J connectivity index is 1.54. The maximum atomic E-state index is 13.6. The van der Waals surface area contributed by atoms with Gasteiger partial charge in [0.25, 0.3) is 0 Å². The Kier molecular flexibility index (Phi) is 5.51. The minimum Gasteiger partial charge on any atom is -0.387 e. The zero-order valence-electron chi connectivity index (χ0n) is 14.7. The van der Waals surface area contributed by atoms with Crippen molar-refractivity contribution in [2.75, 3.05) is 52.9 Å². The first-order valence-electron chi connectivity index (χ1n) is 8.80. The lowest BCUT2D eigenvalue weighted by Gasteiger charge is -2.36. The molecule has 6 heteroatoms. The molecule has 2 fully saturated rings. The van der Waals surface area contributed by atoms with Gasteiger partial charge in [0.2, 0.25) is 5.91 Å². The van der Waals surface area contributed by atoms with E-state index < -0.39 is 5.60 Å². The van der Waals surface area contributed by atoms with Crippen LogP contribution in [0.2, 0.25) is 0 Å². The lowest BCUT2D eigenvalue weighted by atomic mass is 10.0. The number of likely N-dealkylation sites (N-methyl/N-ethyl adjacent to an activating group) is 1. The molecule has 5 nitrogen and oxygen atoms in total. The average Bonchev–Trinajstić information content (AvgIpc) is 2.98. The highest BCUT2D eigenvalue weighted by Gasteiger charge is 2.39. The van der Waals surface area contributed by atoms with Crippen molar-refractivity contribution in [1.29, 1.82) is 0 Å². The van der Waals surface area contributed by atoms with Crippen molar-refractivity contribution in [3.8, 4) is 0 Å². The van der Waals surface area contributed by atoms with Crippen molar-refractivity contribution in [1.82, 2.24) is 14.7 Å². The summed E-state index contributed by atoms with van der Waals surface area (Å²) in [6.45, 7) is 5.36. The number of nitrogens with zero attached hydrogens (tertiary/aromatic N) is 3. The van der Waals surface area contributed by atoms with Crippen LogP contribution >= 0.6 is 0 Å². The zero-order valence-corrected chi connectivity index (χ0v) is 14.7. The monoisotopic (exact) mass is 347 g/mol. The number of benzene rings is 1. The number of hydrogen-bond acceptors (Lipinski definition) is 4. The molecule has 0 saturated carbocycles. The third kappa shape index (κ3) is 4.66. The van der Waals surface area contributed by atoms with Crippen molar-refractivity contribution in [2.24, 2.45) is 0 Å². The molecule has 2 heterocycles. The van der Waals surface area contributed by atoms with Crippen LogP contribution in [0.15, 0.2) is 30.3 Å². The molecular weight excluding hydrogens is 321 g/mol. The maximum absolute atomic E-state index is 13.6. The third-order valence-corrected chi connectivity index (χ3v) is 5.07. The summed E-state index contributed by atoms with van der Waals surface area (Å²) in [7, 11) is 2.10. The maximum Gasteiger partial charge on any atom is 0.246 e. The number of piperazine rings is 1. The Morgan fingerprint density at radius 3 is 2.68 bits per heavy atom. The molecule has 136 valence electrons. The van der Waals surface area contributed by atoms with E-state index in [0.717, 1.165) is 26.2 Å². The molecule has 2 aliphatic rings. The second-order valence-corrected chi connectivity index (χ2v) is 7.17. The van der Waals surface area contributed by atoms with Gasteiger partial charge >= 0.3 is 0 Å². The Labute approximate surface area is 148 Å². The number of carbonyl (C=O) groups is 1. The molecule has 1 N–H and O–H groups in total. The molecule has 0 spiro atoms. The molecule has 1 atom stereocenters. The molecule has 1 aromatic carbocycles. The van der Waals surface area contributed by atoms with E-state index in [0.29, 0.717) is 31.6 Å². The molecule has 2 saturated heterocycles. The Morgan fingerprint density at radius 1 is 1.24 bits per heavy atom. The Hall–Kier alpha value is -1.76. The summed E-state index contributed by atoms with van der Waals surface area (Å²) in [6, 6.07) is 6.35. The van der Waals surface area contributed by atoms with E-state index in [1.165, 1.54) is 18.2 Å². The zero-order chi connectivity index (χ0) is 17.9. The van der Waals surface area contributed by atoms with Gasteiger partial charge in [0.1, 0.15) is 5.82 Å². The summed E-state index contributed by atoms with van der Waals surface area (Å²) in [4.78, 5) is 18.5. The van der Waals surface area contributed by atoms with E-state index in [4.69, 9.17) is 0 Å². The fourth-order valence-electron chi connectivity index (χ4n) is 3.47. The summed E-state index contributed by atoms with van der Waals surface area (Å²) in [5.74, 6) is -0.530. The Morgan fingerprint density at radius 2 is 1.96 bits per heavy atom. The normalized spacial score (nSPS) is 25.8. The summed E-state index contributed by atoms with van der Waals surface area (Å²) < 4.78 is 13.6. The first-order chi connectivity index (χ1) is 12.0. The standard InChI is InChI=1S/C19H26FN3O2/c1-21-10-12-22(13-11-21)14-19(25)8-9-23(15-19)18(24)7-6-16-4-2-3-5-17(16)20/h2-7,25H,8-15H2,1H3/b7-6+. The minimum atomic E-state index is -0.850. The van der Waals surface area contributed by atoms with Crippen LogP contribution in [0.3, 0.4) is 0 Å². The Bertz CT molecular complexity index is 643. The molecule has 1 aromatic rings. The molecule has 25 heavy (non-hydrogen) atoms. The van der Waals surface area contributed by atoms with Gasteiger partial charge in [-0.25, -0.2) is 4.39 Å². The van der Waals surface area contributed by atoms with Gasteiger partial charge < -0.3 is 14.9 Å². The second kappa shape index (κ2) is 7.64. The van der Waals surface area contributed by atoms with Crippen LogP contribution in [0, 0.1) is 5.82 Å². The molecule has 1 amide bonds. The molecule has 1 unspecified atom stereocenters. The van der Waals surface area contributed by atoms with Crippen LogP contribution in [0.5, 0.6) is 0 Å². The molecule has 0 bridgehead atoms. The topological polar surface area (TPSA) is 47.0 Å². The van der Waals surface area contributed by atoms with Gasteiger partial charge in [0.05, 0.1) is 12.1 Å². The highest BCUT2D eigenvalue weighted by atomic mass is 19.1. The molecular formula is C19H26FN3O2. The van der Waals surface area contributed by atoms with Crippen molar-refractivity contribution in [3.05, 3.63) is 41.7 Å². The predicted octanol–water partition coefficient (Wildman–Crippen LogP) is 1.05. The van der Waals surface area contributed by atoms with Gasteiger partial charge in [-0.15, -0.1) is 0 Å².